The van der Waals surface area contributed by atoms with Gasteiger partial charge in [-0.2, -0.15) is 0 Å². The summed E-state index contributed by atoms with van der Waals surface area (Å²) in [5.74, 6) is -1.69. The minimum absolute atomic E-state index is 0.0707. The number of carbonyl (C=O) groups excluding carboxylic acids is 2. The van der Waals surface area contributed by atoms with Crippen LogP contribution in [0.5, 0.6) is 0 Å². The normalized spacial score (nSPS) is 15.2. The highest BCUT2D eigenvalue weighted by Crippen LogP contribution is 2.19. The molecule has 1 aromatic carbocycles. The Morgan fingerprint density at radius 1 is 1.28 bits per heavy atom. The number of aromatic carboxylic acids is 1. The maximum Gasteiger partial charge on any atom is 0.338 e. The Bertz CT molecular complexity index is 784. The predicted molar refractivity (Wildman–Crippen MR) is 88.1 cm³/mol. The Labute approximate surface area is 144 Å². The van der Waals surface area contributed by atoms with Gasteiger partial charge in [-0.1, -0.05) is 30.3 Å². The van der Waals surface area contributed by atoms with Crippen molar-refractivity contribution < 1.29 is 23.9 Å². The molecule has 0 saturated carbocycles. The molecule has 0 radical (unpaired) electrons. The van der Waals surface area contributed by atoms with Gasteiger partial charge in [0.1, 0.15) is 6.26 Å². The topological polar surface area (TPSA) is 99.8 Å². The molecule has 1 aliphatic rings. The molecule has 0 spiro atoms. The molecular weight excluding hydrogens is 324 g/mol. The fourth-order valence-electron chi connectivity index (χ4n) is 2.83. The molecule has 2 N–H and O–H groups in total. The summed E-state index contributed by atoms with van der Waals surface area (Å²) in [6.07, 6.45) is 2.36. The van der Waals surface area contributed by atoms with Gasteiger partial charge in [0.15, 0.2) is 5.76 Å². The highest BCUT2D eigenvalue weighted by Gasteiger charge is 2.26. The lowest BCUT2D eigenvalue weighted by Gasteiger charge is -2.24. The van der Waals surface area contributed by atoms with Crippen molar-refractivity contribution in [2.75, 3.05) is 13.1 Å². The maximum atomic E-state index is 12.4. The zero-order chi connectivity index (χ0) is 17.8. The van der Waals surface area contributed by atoms with Crippen molar-refractivity contribution in [1.82, 2.24) is 10.2 Å². The molecule has 1 atom stereocenters. The molecule has 7 nitrogen and oxygen atoms in total. The summed E-state index contributed by atoms with van der Waals surface area (Å²) in [5, 5.41) is 11.8. The van der Waals surface area contributed by atoms with E-state index in [1.165, 1.54) is 6.07 Å². The molecule has 25 heavy (non-hydrogen) atoms. The van der Waals surface area contributed by atoms with Crippen molar-refractivity contribution in [3.63, 3.8) is 0 Å². The van der Waals surface area contributed by atoms with Crippen LogP contribution in [0.25, 0.3) is 0 Å². The van der Waals surface area contributed by atoms with Crippen LogP contribution < -0.4 is 5.32 Å². The smallest absolute Gasteiger partial charge is 0.338 e. The summed E-state index contributed by atoms with van der Waals surface area (Å²) in [6, 6.07) is 10.1. The van der Waals surface area contributed by atoms with Crippen molar-refractivity contribution in [3.05, 3.63) is 59.5 Å². The Morgan fingerprint density at radius 3 is 2.64 bits per heavy atom. The number of furan rings is 1. The molecule has 2 aromatic rings. The maximum absolute atomic E-state index is 12.4. The minimum Gasteiger partial charge on any atom is -0.478 e. The Morgan fingerprint density at radius 2 is 2.04 bits per heavy atom. The van der Waals surface area contributed by atoms with Gasteiger partial charge < -0.3 is 19.7 Å². The van der Waals surface area contributed by atoms with Gasteiger partial charge in [-0.3, -0.25) is 9.59 Å². The van der Waals surface area contributed by atoms with Gasteiger partial charge in [0.25, 0.3) is 5.91 Å². The molecule has 2 amide bonds. The van der Waals surface area contributed by atoms with E-state index in [0.717, 1.165) is 18.2 Å². The monoisotopic (exact) mass is 342 g/mol. The van der Waals surface area contributed by atoms with Crippen LogP contribution in [0.1, 0.15) is 45.4 Å². The third-order valence-corrected chi connectivity index (χ3v) is 4.15. The average Bonchev–Trinajstić information content (AvgIpc) is 3.25. The van der Waals surface area contributed by atoms with Crippen LogP contribution >= 0.6 is 0 Å². The van der Waals surface area contributed by atoms with E-state index in [0.29, 0.717) is 19.5 Å². The van der Waals surface area contributed by atoms with E-state index in [4.69, 9.17) is 9.52 Å². The van der Waals surface area contributed by atoms with Crippen LogP contribution in [0, 0.1) is 0 Å². The zero-order valence-corrected chi connectivity index (χ0v) is 13.5. The van der Waals surface area contributed by atoms with Gasteiger partial charge in [0, 0.05) is 25.6 Å². The molecule has 0 aliphatic carbocycles. The lowest BCUT2D eigenvalue weighted by Crippen LogP contribution is -2.38. The van der Waals surface area contributed by atoms with Crippen molar-refractivity contribution in [3.8, 4) is 0 Å². The highest BCUT2D eigenvalue weighted by molar-refractivity contribution is 5.95. The summed E-state index contributed by atoms with van der Waals surface area (Å²) >= 11 is 0. The number of nitrogens with one attached hydrogen (secondary N) is 1. The molecular formula is C18H18N2O5. The Balaban J connectivity index is 1.77. The summed E-state index contributed by atoms with van der Waals surface area (Å²) in [5.41, 5.74) is 0.775. The van der Waals surface area contributed by atoms with E-state index < -0.39 is 17.9 Å². The lowest BCUT2D eigenvalue weighted by molar-refractivity contribution is -0.128. The first-order valence-corrected chi connectivity index (χ1v) is 8.00. The van der Waals surface area contributed by atoms with Gasteiger partial charge in [-0.25, -0.2) is 4.79 Å². The van der Waals surface area contributed by atoms with Crippen molar-refractivity contribution in [2.24, 2.45) is 0 Å². The zero-order valence-electron chi connectivity index (χ0n) is 13.5. The van der Waals surface area contributed by atoms with Crippen LogP contribution in [0.3, 0.4) is 0 Å². The van der Waals surface area contributed by atoms with Crippen LogP contribution in [0.4, 0.5) is 0 Å². The van der Waals surface area contributed by atoms with Crippen molar-refractivity contribution in [1.29, 1.82) is 0 Å². The first kappa shape index (κ1) is 16.8. The van der Waals surface area contributed by atoms with Gasteiger partial charge in [-0.05, 0) is 12.0 Å². The SMILES string of the molecule is O=C(O)c1coc(C(=O)NC(CN2CCCC2=O)c2ccccc2)c1. The first-order valence-electron chi connectivity index (χ1n) is 8.00. The molecule has 3 rings (SSSR count). The van der Waals surface area contributed by atoms with Crippen LogP contribution in [-0.4, -0.2) is 40.9 Å². The average molecular weight is 342 g/mol. The van der Waals surface area contributed by atoms with Crippen molar-refractivity contribution in [2.45, 2.75) is 18.9 Å². The summed E-state index contributed by atoms with van der Waals surface area (Å²) in [6.45, 7) is 1.03. The molecule has 1 aromatic heterocycles. The third kappa shape index (κ3) is 3.88. The molecule has 2 heterocycles. The molecule has 1 fully saturated rings. The largest absolute Gasteiger partial charge is 0.478 e. The number of likely N-dealkylation sites (tertiary alicyclic amines) is 1. The molecule has 130 valence electrons. The summed E-state index contributed by atoms with van der Waals surface area (Å²) < 4.78 is 5.04. The number of hydrogen-bond acceptors (Lipinski definition) is 4. The Hall–Kier alpha value is -3.09. The number of carboxylic acids is 1. The fraction of sp³-hybridized carbons (Fsp3) is 0.278. The van der Waals surface area contributed by atoms with Gasteiger partial charge >= 0.3 is 5.97 Å². The van der Waals surface area contributed by atoms with E-state index in [1.807, 2.05) is 30.3 Å². The van der Waals surface area contributed by atoms with Crippen molar-refractivity contribution >= 4 is 17.8 Å². The Kier molecular flexibility index (Phi) is 4.83. The van der Waals surface area contributed by atoms with Gasteiger partial charge in [0.05, 0.1) is 11.6 Å². The van der Waals surface area contributed by atoms with E-state index >= 15 is 0 Å². The number of carboxylic acid groups (broad SMARTS) is 1. The molecule has 0 bridgehead atoms. The molecule has 1 saturated heterocycles. The second kappa shape index (κ2) is 7.21. The lowest BCUT2D eigenvalue weighted by atomic mass is 10.1. The standard InChI is InChI=1S/C18H18N2O5/c21-16-7-4-8-20(16)10-14(12-5-2-1-3-6-12)19-17(22)15-9-13(11-25-15)18(23)24/h1-3,5-6,9,11,14H,4,7-8,10H2,(H,19,22)(H,23,24). The van der Waals surface area contributed by atoms with E-state index in [9.17, 15) is 14.4 Å². The van der Waals surface area contributed by atoms with Gasteiger partial charge in [-0.15, -0.1) is 0 Å². The number of amides is 2. The van der Waals surface area contributed by atoms with Crippen LogP contribution in [0.15, 0.2) is 47.1 Å². The minimum atomic E-state index is -1.16. The number of nitrogens with zero attached hydrogens (tertiary/aromatic N) is 1. The predicted octanol–water partition coefficient (Wildman–Crippen LogP) is 2.07. The second-order valence-corrected chi connectivity index (χ2v) is 5.88. The molecule has 7 heteroatoms. The second-order valence-electron chi connectivity index (χ2n) is 5.88. The fourth-order valence-corrected chi connectivity index (χ4v) is 2.83. The highest BCUT2D eigenvalue weighted by atomic mass is 16.4. The summed E-state index contributed by atoms with van der Waals surface area (Å²) in [4.78, 5) is 37.0. The number of hydrogen-bond donors (Lipinski definition) is 2. The van der Waals surface area contributed by atoms with Crippen LogP contribution in [-0.2, 0) is 4.79 Å². The number of carbonyl (C=O) groups is 3. The van der Waals surface area contributed by atoms with E-state index in [-0.39, 0.29) is 17.2 Å². The van der Waals surface area contributed by atoms with E-state index in [1.54, 1.807) is 4.90 Å². The quantitative estimate of drug-likeness (QED) is 0.837. The first-order chi connectivity index (χ1) is 12.0. The third-order valence-electron chi connectivity index (χ3n) is 4.15. The molecule has 1 aliphatic heterocycles. The number of benzene rings is 1. The molecule has 1 unspecified atom stereocenters. The number of rotatable bonds is 6. The summed E-state index contributed by atoms with van der Waals surface area (Å²) in [7, 11) is 0. The van der Waals surface area contributed by atoms with Crippen LogP contribution in [0.2, 0.25) is 0 Å². The van der Waals surface area contributed by atoms with E-state index in [2.05, 4.69) is 5.32 Å². The van der Waals surface area contributed by atoms with Gasteiger partial charge in [0.2, 0.25) is 5.91 Å².